The lowest BCUT2D eigenvalue weighted by molar-refractivity contribution is -0.147. The fraction of sp³-hybridized carbons (Fsp3) is 0.483. The van der Waals surface area contributed by atoms with Gasteiger partial charge in [0.15, 0.2) is 0 Å². The Labute approximate surface area is 448 Å². The number of likely N-dealkylation sites (N-methyl/N-ethyl adjacent to an activating group) is 1. The molecule has 4 aromatic carbocycles. The molecule has 2 fully saturated rings. The number of hydrogen-bond acceptors (Lipinski definition) is 11. The fourth-order valence-corrected chi connectivity index (χ4v) is 12.3. The molecule has 0 unspecified atom stereocenters. The van der Waals surface area contributed by atoms with E-state index < -0.39 is 23.5 Å². The van der Waals surface area contributed by atoms with Gasteiger partial charge < -0.3 is 35.8 Å². The van der Waals surface area contributed by atoms with Gasteiger partial charge in [-0.05, 0) is 111 Å². The highest BCUT2D eigenvalue weighted by molar-refractivity contribution is 7.10. The van der Waals surface area contributed by atoms with Gasteiger partial charge in [0.1, 0.15) is 29.4 Å². The Morgan fingerprint density at radius 1 is 0.800 bits per heavy atom. The summed E-state index contributed by atoms with van der Waals surface area (Å²) in [6.07, 6.45) is 5.03. The van der Waals surface area contributed by atoms with Gasteiger partial charge in [-0.2, -0.15) is 0 Å². The third-order valence-corrected chi connectivity index (χ3v) is 17.2. The van der Waals surface area contributed by atoms with E-state index in [4.69, 9.17) is 9.72 Å². The molecule has 4 amide bonds. The van der Waals surface area contributed by atoms with Gasteiger partial charge in [-0.3, -0.25) is 29.0 Å². The first kappa shape index (κ1) is 53.8. The number of carbonyl (C=O) groups excluding carboxylic acids is 4. The van der Waals surface area contributed by atoms with Crippen LogP contribution < -0.4 is 26.0 Å². The Hall–Kier alpha value is -5.97. The molecule has 1 aromatic heterocycles. The molecule has 4 atom stereocenters. The van der Waals surface area contributed by atoms with E-state index in [1.807, 2.05) is 99.6 Å². The summed E-state index contributed by atoms with van der Waals surface area (Å²) in [5, 5.41) is 15.9. The van der Waals surface area contributed by atoms with E-state index in [0.29, 0.717) is 25.1 Å². The average molecular weight is 1040 g/mol. The van der Waals surface area contributed by atoms with E-state index in [0.717, 1.165) is 130 Å². The van der Waals surface area contributed by atoms with Gasteiger partial charge in [0, 0.05) is 87.2 Å². The van der Waals surface area contributed by atoms with E-state index in [-0.39, 0.29) is 41.6 Å². The van der Waals surface area contributed by atoms with Crippen molar-refractivity contribution in [1.82, 2.24) is 45.9 Å². The first-order valence-electron chi connectivity index (χ1n) is 27.2. The number of ether oxygens (including phenoxy) is 1. The second-order valence-electron chi connectivity index (χ2n) is 22.2. The van der Waals surface area contributed by atoms with Crippen LogP contribution in [0.25, 0.3) is 11.3 Å². The van der Waals surface area contributed by atoms with Gasteiger partial charge in [0.25, 0.3) is 5.91 Å². The normalized spacial score (nSPS) is 20.0. The second kappa shape index (κ2) is 24.4. The van der Waals surface area contributed by atoms with Crippen molar-refractivity contribution < 1.29 is 23.9 Å². The number of piperazine rings is 1. The number of benzene rings is 4. The lowest BCUT2D eigenvalue weighted by atomic mass is 9.78. The predicted molar refractivity (Wildman–Crippen MR) is 297 cm³/mol. The van der Waals surface area contributed by atoms with Crippen LogP contribution in [-0.2, 0) is 39.2 Å². The Kier molecular flexibility index (Phi) is 17.5. The number of aromatic nitrogens is 1. The van der Waals surface area contributed by atoms with E-state index >= 15 is 0 Å². The van der Waals surface area contributed by atoms with E-state index in [1.54, 1.807) is 30.2 Å². The first-order chi connectivity index (χ1) is 36.3. The molecule has 0 radical (unpaired) electrons. The minimum atomic E-state index is -0.853. The molecule has 2 saturated heterocycles. The number of fused-ring (bicyclic) bond motifs is 2. The van der Waals surface area contributed by atoms with E-state index in [1.165, 1.54) is 5.56 Å². The molecule has 15 heteroatoms. The number of hydrogen-bond donors (Lipinski definition) is 4. The van der Waals surface area contributed by atoms with Gasteiger partial charge in [-0.1, -0.05) is 99.6 Å². The average Bonchev–Trinajstić information content (AvgIpc) is 3.95. The SMILES string of the molecule is CN[C@@H](C)C(=O)N[C@H](C(=O)N1Cc2cc(OCCN3CCN(CCN4CCC(CNC(=O)c5ccccc5)(c5nc(-c6ccccc6)cs5)CC4)CC3)ccc2C[C@H]1C(=O)N[C@@H]1CCCc2ccccc21)C(C)(C)C. The van der Waals surface area contributed by atoms with Crippen molar-refractivity contribution in [2.75, 3.05) is 79.1 Å². The first-order valence-corrected chi connectivity index (χ1v) is 28.1. The monoisotopic (exact) mass is 1040 g/mol. The minimum absolute atomic E-state index is 0.0456. The lowest BCUT2D eigenvalue weighted by Crippen LogP contribution is -2.62. The number of amides is 4. The maximum Gasteiger partial charge on any atom is 0.251 e. The number of thiazole rings is 1. The zero-order valence-electron chi connectivity index (χ0n) is 44.6. The van der Waals surface area contributed by atoms with Crippen molar-refractivity contribution >= 4 is 35.0 Å². The molecule has 4 aliphatic rings. The summed E-state index contributed by atoms with van der Waals surface area (Å²) in [6, 6.07) is 31.9. The minimum Gasteiger partial charge on any atom is -0.492 e. The summed E-state index contributed by atoms with van der Waals surface area (Å²) in [4.78, 5) is 70.3. The molecule has 4 N–H and O–H groups in total. The van der Waals surface area contributed by atoms with Crippen LogP contribution >= 0.6 is 11.3 Å². The molecule has 398 valence electrons. The third-order valence-electron chi connectivity index (χ3n) is 16.1. The zero-order chi connectivity index (χ0) is 52.5. The fourth-order valence-electron chi connectivity index (χ4n) is 11.2. The number of piperidine rings is 1. The molecule has 14 nitrogen and oxygen atoms in total. The van der Waals surface area contributed by atoms with Crippen LogP contribution in [0, 0.1) is 5.41 Å². The Bertz CT molecular complexity index is 2730. The quantitative estimate of drug-likeness (QED) is 0.0734. The highest BCUT2D eigenvalue weighted by Gasteiger charge is 2.44. The zero-order valence-corrected chi connectivity index (χ0v) is 45.4. The molecular weight excluding hydrogens is 959 g/mol. The summed E-state index contributed by atoms with van der Waals surface area (Å²) >= 11 is 1.71. The van der Waals surface area contributed by atoms with Crippen LogP contribution in [0.15, 0.2) is 109 Å². The van der Waals surface area contributed by atoms with Gasteiger partial charge in [-0.15, -0.1) is 11.3 Å². The Balaban J connectivity index is 0.775. The predicted octanol–water partition coefficient (Wildman–Crippen LogP) is 6.86. The van der Waals surface area contributed by atoms with Crippen molar-refractivity contribution in [1.29, 1.82) is 0 Å². The molecule has 75 heavy (non-hydrogen) atoms. The Morgan fingerprint density at radius 2 is 1.47 bits per heavy atom. The highest BCUT2D eigenvalue weighted by atomic mass is 32.1. The number of likely N-dealkylation sites (tertiary alicyclic amines) is 1. The van der Waals surface area contributed by atoms with Crippen LogP contribution in [0.5, 0.6) is 5.75 Å². The third kappa shape index (κ3) is 13.2. The largest absolute Gasteiger partial charge is 0.492 e. The van der Waals surface area contributed by atoms with Crippen LogP contribution in [-0.4, -0.2) is 145 Å². The molecule has 0 bridgehead atoms. The summed E-state index contributed by atoms with van der Waals surface area (Å²) < 4.78 is 6.42. The molecule has 0 spiro atoms. The maximum atomic E-state index is 14.8. The molecular formula is C60H77N9O5S. The van der Waals surface area contributed by atoms with Crippen molar-refractivity contribution in [3.63, 3.8) is 0 Å². The summed E-state index contributed by atoms with van der Waals surface area (Å²) in [7, 11) is 1.72. The summed E-state index contributed by atoms with van der Waals surface area (Å²) in [6.45, 7) is 17.6. The molecule has 9 rings (SSSR count). The lowest BCUT2D eigenvalue weighted by Gasteiger charge is -2.42. The highest BCUT2D eigenvalue weighted by Crippen LogP contribution is 2.39. The van der Waals surface area contributed by atoms with Gasteiger partial charge in [0.05, 0.1) is 17.8 Å². The standard InChI is InChI=1S/C60H77N9O5S/c1-42(61-5)54(70)65-53(59(2,3)4)57(73)69-39-47-37-48(24-23-46(47)38-52(69)56(72)63-50-22-14-20-43-15-12-13-21-49(43)50)74-36-35-68-33-31-67(32-34-68)30-29-66-27-25-60(26-28-66,41-62-55(71)45-18-10-7-11-19-45)58-64-51(40-75-58)44-16-8-6-9-17-44/h6-13,15-19,21,23-24,37,40,42,50,52-53,61H,14,20,22,25-36,38-39,41H2,1-5H3,(H,62,71)(H,63,72)(H,65,70)/t42-,50+,52-,53+/m0/s1. The van der Waals surface area contributed by atoms with Crippen molar-refractivity contribution in [3.8, 4) is 17.0 Å². The molecule has 0 saturated carbocycles. The molecule has 1 aliphatic carbocycles. The van der Waals surface area contributed by atoms with Gasteiger partial charge in [0.2, 0.25) is 17.7 Å². The van der Waals surface area contributed by atoms with Crippen molar-refractivity contribution in [2.45, 2.75) is 102 Å². The number of nitrogens with one attached hydrogen (secondary N) is 4. The second-order valence-corrected chi connectivity index (χ2v) is 23.1. The number of nitrogens with zero attached hydrogens (tertiary/aromatic N) is 5. The maximum absolute atomic E-state index is 14.8. The summed E-state index contributed by atoms with van der Waals surface area (Å²) in [5.74, 6) is -0.0324. The molecule has 3 aliphatic heterocycles. The van der Waals surface area contributed by atoms with Crippen LogP contribution in [0.4, 0.5) is 0 Å². The van der Waals surface area contributed by atoms with Crippen LogP contribution in [0.3, 0.4) is 0 Å². The Morgan fingerprint density at radius 3 is 2.17 bits per heavy atom. The van der Waals surface area contributed by atoms with Crippen LogP contribution in [0.1, 0.15) is 97.0 Å². The van der Waals surface area contributed by atoms with Crippen molar-refractivity contribution in [3.05, 3.63) is 141 Å². The molecule has 4 heterocycles. The summed E-state index contributed by atoms with van der Waals surface area (Å²) in [5.41, 5.74) is 6.28. The van der Waals surface area contributed by atoms with E-state index in [9.17, 15) is 19.2 Å². The van der Waals surface area contributed by atoms with Gasteiger partial charge in [-0.25, -0.2) is 4.98 Å². The molecule has 5 aromatic rings. The van der Waals surface area contributed by atoms with E-state index in [2.05, 4.69) is 65.6 Å². The van der Waals surface area contributed by atoms with Crippen molar-refractivity contribution in [2.24, 2.45) is 5.41 Å². The van der Waals surface area contributed by atoms with Gasteiger partial charge >= 0.3 is 0 Å². The topological polar surface area (TPSA) is 151 Å². The van der Waals surface area contributed by atoms with Crippen LogP contribution in [0.2, 0.25) is 0 Å². The number of carbonyl (C=O) groups is 4. The number of rotatable bonds is 18. The smallest absolute Gasteiger partial charge is 0.251 e. The number of aryl methyl sites for hydroxylation is 1.